The van der Waals surface area contributed by atoms with Crippen LogP contribution >= 0.6 is 0 Å². The van der Waals surface area contributed by atoms with Crippen LogP contribution in [-0.2, 0) is 6.54 Å². The van der Waals surface area contributed by atoms with E-state index in [0.717, 1.165) is 11.3 Å². The summed E-state index contributed by atoms with van der Waals surface area (Å²) in [5.74, 6) is 0.685. The van der Waals surface area contributed by atoms with Crippen molar-refractivity contribution in [1.29, 1.82) is 0 Å². The Balaban J connectivity index is 1.63. The summed E-state index contributed by atoms with van der Waals surface area (Å²) in [5, 5.41) is 6.47. The normalized spacial score (nSPS) is 10.4. The number of amides is 1. The molecule has 0 spiro atoms. The average Bonchev–Trinajstić information content (AvgIpc) is 3.09. The van der Waals surface area contributed by atoms with Gasteiger partial charge in [-0.15, -0.1) is 0 Å². The Morgan fingerprint density at radius 1 is 1.17 bits per heavy atom. The summed E-state index contributed by atoms with van der Waals surface area (Å²) in [6.07, 6.45) is 0. The number of aromatic nitrogens is 2. The van der Waals surface area contributed by atoms with Crippen LogP contribution in [0.4, 0.5) is 4.39 Å². The van der Waals surface area contributed by atoms with E-state index in [2.05, 4.69) is 15.5 Å². The molecule has 3 rings (SSSR count). The summed E-state index contributed by atoms with van der Waals surface area (Å²) >= 11 is 0. The van der Waals surface area contributed by atoms with Gasteiger partial charge in [0.1, 0.15) is 11.6 Å². The fraction of sp³-hybridized carbons (Fsp3) is 0.118. The molecule has 0 aliphatic rings. The number of ether oxygens (including phenoxy) is 1. The van der Waals surface area contributed by atoms with Crippen molar-refractivity contribution in [3.63, 3.8) is 0 Å². The molecular weight excluding hydrogens is 313 g/mol. The Labute approximate surface area is 137 Å². The average molecular weight is 327 g/mol. The lowest BCUT2D eigenvalue weighted by atomic mass is 10.2. The van der Waals surface area contributed by atoms with Crippen LogP contribution in [0.1, 0.15) is 16.2 Å². The molecule has 1 aromatic heterocycles. The molecule has 0 atom stereocenters. The number of methoxy groups -OCH3 is 1. The van der Waals surface area contributed by atoms with Gasteiger partial charge in [-0.25, -0.2) is 4.39 Å². The van der Waals surface area contributed by atoms with Gasteiger partial charge in [-0.05, 0) is 48.5 Å². The second-order valence-corrected chi connectivity index (χ2v) is 4.93. The molecule has 1 N–H and O–H groups in total. The van der Waals surface area contributed by atoms with Crippen molar-refractivity contribution in [1.82, 2.24) is 15.5 Å². The van der Waals surface area contributed by atoms with E-state index in [0.29, 0.717) is 17.3 Å². The number of hydrogen-bond acceptors (Lipinski definition) is 5. The second-order valence-electron chi connectivity index (χ2n) is 4.93. The van der Waals surface area contributed by atoms with Crippen LogP contribution in [-0.4, -0.2) is 23.2 Å². The molecule has 2 aromatic carbocycles. The number of carbonyl (C=O) groups is 1. The number of carbonyl (C=O) groups excluding carboxylic acids is 1. The Hall–Kier alpha value is -3.22. The zero-order chi connectivity index (χ0) is 16.9. The predicted molar refractivity (Wildman–Crippen MR) is 83.9 cm³/mol. The minimum Gasteiger partial charge on any atom is -0.497 e. The minimum atomic E-state index is -0.395. The maximum Gasteiger partial charge on any atom is 0.257 e. The first-order chi connectivity index (χ1) is 11.7. The standard InChI is InChI=1S/C17H14FN3O3/c1-23-14-8-4-12(5-9-14)17-20-15(21-24-17)10-19-16(22)11-2-6-13(18)7-3-11/h2-9H,10H2,1H3,(H,19,22). The Morgan fingerprint density at radius 3 is 2.54 bits per heavy atom. The number of halogens is 1. The largest absolute Gasteiger partial charge is 0.497 e. The van der Waals surface area contributed by atoms with Crippen LogP contribution in [0, 0.1) is 5.82 Å². The van der Waals surface area contributed by atoms with Crippen LogP contribution in [0.15, 0.2) is 53.1 Å². The molecule has 24 heavy (non-hydrogen) atoms. The molecule has 6 nitrogen and oxygen atoms in total. The monoisotopic (exact) mass is 327 g/mol. The minimum absolute atomic E-state index is 0.107. The molecular formula is C17H14FN3O3. The first-order valence-corrected chi connectivity index (χ1v) is 7.16. The van der Waals surface area contributed by atoms with Gasteiger partial charge in [-0.1, -0.05) is 5.16 Å². The summed E-state index contributed by atoms with van der Waals surface area (Å²) in [6.45, 7) is 0.107. The molecule has 0 unspecified atom stereocenters. The molecule has 0 fully saturated rings. The van der Waals surface area contributed by atoms with Gasteiger partial charge in [0.25, 0.3) is 11.8 Å². The highest BCUT2D eigenvalue weighted by Crippen LogP contribution is 2.20. The van der Waals surface area contributed by atoms with Crippen LogP contribution in [0.5, 0.6) is 5.75 Å². The van der Waals surface area contributed by atoms with E-state index >= 15 is 0 Å². The number of nitrogens with one attached hydrogen (secondary N) is 1. The summed E-state index contributed by atoms with van der Waals surface area (Å²) in [7, 11) is 1.59. The number of hydrogen-bond donors (Lipinski definition) is 1. The zero-order valence-corrected chi connectivity index (χ0v) is 12.8. The SMILES string of the molecule is COc1ccc(-c2nc(CNC(=O)c3ccc(F)cc3)no2)cc1. The molecule has 3 aromatic rings. The highest BCUT2D eigenvalue weighted by atomic mass is 19.1. The van der Waals surface area contributed by atoms with E-state index in [9.17, 15) is 9.18 Å². The molecule has 1 heterocycles. The lowest BCUT2D eigenvalue weighted by Crippen LogP contribution is -2.23. The molecule has 7 heteroatoms. The van der Waals surface area contributed by atoms with E-state index in [1.807, 2.05) is 0 Å². The predicted octanol–water partition coefficient (Wildman–Crippen LogP) is 2.81. The van der Waals surface area contributed by atoms with Crippen molar-refractivity contribution in [2.45, 2.75) is 6.54 Å². The van der Waals surface area contributed by atoms with E-state index in [1.54, 1.807) is 31.4 Å². The summed E-state index contributed by atoms with van der Waals surface area (Å²) < 4.78 is 23.1. The van der Waals surface area contributed by atoms with Crippen LogP contribution < -0.4 is 10.1 Å². The van der Waals surface area contributed by atoms with Gasteiger partial charge in [-0.3, -0.25) is 4.79 Å². The first kappa shape index (κ1) is 15.7. The van der Waals surface area contributed by atoms with E-state index in [4.69, 9.17) is 9.26 Å². The second kappa shape index (κ2) is 6.91. The fourth-order valence-corrected chi connectivity index (χ4v) is 2.04. The Morgan fingerprint density at radius 2 is 1.88 bits per heavy atom. The van der Waals surface area contributed by atoms with Gasteiger partial charge in [0, 0.05) is 11.1 Å². The van der Waals surface area contributed by atoms with Crippen molar-refractivity contribution in [2.24, 2.45) is 0 Å². The molecule has 0 aliphatic carbocycles. The molecule has 0 saturated carbocycles. The summed E-state index contributed by atoms with van der Waals surface area (Å²) in [5.41, 5.74) is 1.11. The van der Waals surface area contributed by atoms with E-state index in [1.165, 1.54) is 24.3 Å². The van der Waals surface area contributed by atoms with E-state index < -0.39 is 5.82 Å². The molecule has 122 valence electrons. The lowest BCUT2D eigenvalue weighted by Gasteiger charge is -2.02. The molecule has 0 saturated heterocycles. The number of rotatable bonds is 5. The fourth-order valence-electron chi connectivity index (χ4n) is 2.04. The van der Waals surface area contributed by atoms with Crippen molar-refractivity contribution in [3.05, 3.63) is 65.7 Å². The van der Waals surface area contributed by atoms with Gasteiger partial charge >= 0.3 is 0 Å². The maximum absolute atomic E-state index is 12.8. The van der Waals surface area contributed by atoms with Gasteiger partial charge in [-0.2, -0.15) is 4.98 Å². The molecule has 1 amide bonds. The van der Waals surface area contributed by atoms with Crippen molar-refractivity contribution >= 4 is 5.91 Å². The highest BCUT2D eigenvalue weighted by molar-refractivity contribution is 5.94. The van der Waals surface area contributed by atoms with Gasteiger partial charge in [0.05, 0.1) is 13.7 Å². The Kier molecular flexibility index (Phi) is 4.51. The van der Waals surface area contributed by atoms with Crippen LogP contribution in [0.2, 0.25) is 0 Å². The molecule has 0 bridgehead atoms. The van der Waals surface area contributed by atoms with Crippen LogP contribution in [0.3, 0.4) is 0 Å². The maximum atomic E-state index is 12.8. The first-order valence-electron chi connectivity index (χ1n) is 7.16. The quantitative estimate of drug-likeness (QED) is 0.780. The van der Waals surface area contributed by atoms with Crippen LogP contribution in [0.25, 0.3) is 11.5 Å². The highest BCUT2D eigenvalue weighted by Gasteiger charge is 2.11. The van der Waals surface area contributed by atoms with Gasteiger partial charge < -0.3 is 14.6 Å². The number of benzene rings is 2. The lowest BCUT2D eigenvalue weighted by molar-refractivity contribution is 0.0949. The number of nitrogens with zero attached hydrogens (tertiary/aromatic N) is 2. The van der Waals surface area contributed by atoms with Gasteiger partial charge in [0.2, 0.25) is 0 Å². The summed E-state index contributed by atoms with van der Waals surface area (Å²) in [4.78, 5) is 16.2. The van der Waals surface area contributed by atoms with Crippen molar-refractivity contribution < 1.29 is 18.4 Å². The summed E-state index contributed by atoms with van der Waals surface area (Å²) in [6, 6.07) is 12.4. The third-order valence-corrected chi connectivity index (χ3v) is 3.32. The van der Waals surface area contributed by atoms with Crippen molar-refractivity contribution in [2.75, 3.05) is 7.11 Å². The smallest absolute Gasteiger partial charge is 0.257 e. The third-order valence-electron chi connectivity index (χ3n) is 3.32. The van der Waals surface area contributed by atoms with Crippen molar-refractivity contribution in [3.8, 4) is 17.2 Å². The molecule has 0 aliphatic heterocycles. The topological polar surface area (TPSA) is 77.2 Å². The molecule has 0 radical (unpaired) electrons. The third kappa shape index (κ3) is 3.57. The Bertz CT molecular complexity index is 829. The van der Waals surface area contributed by atoms with Gasteiger partial charge in [0.15, 0.2) is 5.82 Å². The zero-order valence-electron chi connectivity index (χ0n) is 12.8. The van der Waals surface area contributed by atoms with E-state index in [-0.39, 0.29) is 12.5 Å².